The van der Waals surface area contributed by atoms with Crippen molar-refractivity contribution in [2.24, 2.45) is 11.8 Å². The van der Waals surface area contributed by atoms with Gasteiger partial charge < -0.3 is 20.1 Å². The number of amides is 1. The third kappa shape index (κ3) is 3.59. The number of hydrogen-bond donors (Lipinski definition) is 2. The first kappa shape index (κ1) is 20.4. The molecule has 2 aromatic carbocycles. The lowest BCUT2D eigenvalue weighted by molar-refractivity contribution is -0.138. The molecular formula is C26H32N2O3. The van der Waals surface area contributed by atoms with Crippen LogP contribution >= 0.6 is 0 Å². The highest BCUT2D eigenvalue weighted by molar-refractivity contribution is 5.81. The molecule has 2 aromatic rings. The monoisotopic (exact) mass is 420 g/mol. The van der Waals surface area contributed by atoms with Crippen molar-refractivity contribution in [1.82, 2.24) is 4.90 Å². The number of methoxy groups -OCH3 is 1. The first-order valence-corrected chi connectivity index (χ1v) is 11.7. The van der Waals surface area contributed by atoms with Gasteiger partial charge in [0.15, 0.2) is 0 Å². The standard InChI is InChI=1S/C26H32N2O3/c1-31-24-10-6-5-9-19(24)18-11-12-22-21(15-18)25-20(23(16-29)27-22)13-14-28(25)26(30)17-7-3-2-4-8-17/h5-6,9-12,15,17,20,23,25,27,29H,2-4,7-8,13-14,16H2,1H3/t20-,23+,25-/m0/s1. The van der Waals surface area contributed by atoms with Gasteiger partial charge in [-0.2, -0.15) is 0 Å². The van der Waals surface area contributed by atoms with Crippen LogP contribution < -0.4 is 10.1 Å². The minimum absolute atomic E-state index is 0.0150. The van der Waals surface area contributed by atoms with Crippen molar-refractivity contribution in [3.63, 3.8) is 0 Å². The van der Waals surface area contributed by atoms with E-state index >= 15 is 0 Å². The Morgan fingerprint density at radius 1 is 1.13 bits per heavy atom. The van der Waals surface area contributed by atoms with Crippen molar-refractivity contribution in [3.8, 4) is 16.9 Å². The van der Waals surface area contributed by atoms with Gasteiger partial charge in [-0.25, -0.2) is 0 Å². The Balaban J connectivity index is 1.54. The number of carbonyl (C=O) groups excluding carboxylic acids is 1. The molecule has 0 radical (unpaired) electrons. The van der Waals surface area contributed by atoms with E-state index in [9.17, 15) is 9.90 Å². The summed E-state index contributed by atoms with van der Waals surface area (Å²) in [5.74, 6) is 1.56. The molecule has 0 aromatic heterocycles. The number of para-hydroxylation sites is 1. The molecule has 2 aliphatic heterocycles. The fourth-order valence-electron chi connectivity index (χ4n) is 5.94. The quantitative estimate of drug-likeness (QED) is 0.758. The minimum atomic E-state index is -0.0150. The van der Waals surface area contributed by atoms with Crippen LogP contribution in [0, 0.1) is 11.8 Å². The van der Waals surface area contributed by atoms with Crippen molar-refractivity contribution in [2.75, 3.05) is 25.6 Å². The fourth-order valence-corrected chi connectivity index (χ4v) is 5.94. The van der Waals surface area contributed by atoms with Crippen LogP contribution in [-0.2, 0) is 4.79 Å². The highest BCUT2D eigenvalue weighted by Gasteiger charge is 2.46. The maximum Gasteiger partial charge on any atom is 0.226 e. The van der Waals surface area contributed by atoms with Crippen LogP contribution in [0.3, 0.4) is 0 Å². The molecule has 164 valence electrons. The average Bonchev–Trinajstić information content (AvgIpc) is 3.29. The Labute approximate surface area is 184 Å². The van der Waals surface area contributed by atoms with Gasteiger partial charge in [0.25, 0.3) is 0 Å². The zero-order valence-electron chi connectivity index (χ0n) is 18.2. The molecule has 0 spiro atoms. The number of carbonyl (C=O) groups is 1. The van der Waals surface area contributed by atoms with Crippen LogP contribution in [0.1, 0.15) is 50.1 Å². The minimum Gasteiger partial charge on any atom is -0.496 e. The Morgan fingerprint density at radius 2 is 1.94 bits per heavy atom. The zero-order chi connectivity index (χ0) is 21.4. The molecule has 2 heterocycles. The van der Waals surface area contributed by atoms with E-state index in [1.807, 2.05) is 18.2 Å². The van der Waals surface area contributed by atoms with Crippen molar-refractivity contribution >= 4 is 11.6 Å². The highest BCUT2D eigenvalue weighted by Crippen LogP contribution is 2.48. The normalized spacial score (nSPS) is 25.5. The number of nitrogens with one attached hydrogen (secondary N) is 1. The van der Waals surface area contributed by atoms with Crippen LogP contribution in [0.15, 0.2) is 42.5 Å². The lowest BCUT2D eigenvalue weighted by Gasteiger charge is -2.40. The topological polar surface area (TPSA) is 61.8 Å². The predicted molar refractivity (Wildman–Crippen MR) is 122 cm³/mol. The van der Waals surface area contributed by atoms with Crippen molar-refractivity contribution < 1.29 is 14.6 Å². The van der Waals surface area contributed by atoms with Crippen LogP contribution in [0.2, 0.25) is 0 Å². The number of anilines is 1. The predicted octanol–water partition coefficient (Wildman–Crippen LogP) is 4.62. The largest absolute Gasteiger partial charge is 0.496 e. The first-order valence-electron chi connectivity index (χ1n) is 11.7. The second-order valence-electron chi connectivity index (χ2n) is 9.20. The van der Waals surface area contributed by atoms with E-state index in [0.29, 0.717) is 5.91 Å². The molecule has 1 amide bonds. The summed E-state index contributed by atoms with van der Waals surface area (Å²) < 4.78 is 5.59. The smallest absolute Gasteiger partial charge is 0.226 e. The van der Waals surface area contributed by atoms with Gasteiger partial charge in [0, 0.05) is 29.6 Å². The molecular weight excluding hydrogens is 388 g/mol. The van der Waals surface area contributed by atoms with E-state index in [2.05, 4.69) is 34.5 Å². The molecule has 0 bridgehead atoms. The lowest BCUT2D eigenvalue weighted by Crippen LogP contribution is -2.44. The average molecular weight is 421 g/mol. The number of aliphatic hydroxyl groups excluding tert-OH is 1. The molecule has 3 aliphatic rings. The van der Waals surface area contributed by atoms with E-state index in [4.69, 9.17) is 4.74 Å². The summed E-state index contributed by atoms with van der Waals surface area (Å²) in [6.45, 7) is 0.863. The molecule has 0 unspecified atom stereocenters. The van der Waals surface area contributed by atoms with Gasteiger partial charge in [0.1, 0.15) is 5.75 Å². The zero-order valence-corrected chi connectivity index (χ0v) is 18.2. The van der Waals surface area contributed by atoms with E-state index in [0.717, 1.165) is 61.2 Å². The Hall–Kier alpha value is -2.53. The number of aliphatic hydroxyl groups is 1. The van der Waals surface area contributed by atoms with Gasteiger partial charge in [-0.05, 0) is 48.6 Å². The summed E-state index contributed by atoms with van der Waals surface area (Å²) in [5, 5.41) is 13.6. The van der Waals surface area contributed by atoms with Crippen molar-refractivity contribution in [3.05, 3.63) is 48.0 Å². The van der Waals surface area contributed by atoms with Gasteiger partial charge in [-0.1, -0.05) is 43.5 Å². The molecule has 1 saturated carbocycles. The molecule has 2 N–H and O–H groups in total. The number of benzene rings is 2. The van der Waals surface area contributed by atoms with E-state index in [-0.39, 0.29) is 30.5 Å². The maximum absolute atomic E-state index is 13.5. The van der Waals surface area contributed by atoms with Crippen LogP contribution in [0.25, 0.3) is 11.1 Å². The molecule has 2 fully saturated rings. The lowest BCUT2D eigenvalue weighted by atomic mass is 9.81. The molecule has 31 heavy (non-hydrogen) atoms. The number of ether oxygens (including phenoxy) is 1. The molecule has 5 rings (SSSR count). The summed E-state index contributed by atoms with van der Waals surface area (Å²) in [6.07, 6.45) is 6.53. The summed E-state index contributed by atoms with van der Waals surface area (Å²) >= 11 is 0. The number of nitrogens with zero attached hydrogens (tertiary/aromatic N) is 1. The Bertz CT molecular complexity index is 953. The fraction of sp³-hybridized carbons (Fsp3) is 0.500. The SMILES string of the molecule is COc1ccccc1-c1ccc2c(c1)[C@@H]1[C@@H](CCN1C(=O)C1CCCCC1)[C@@H](CO)N2. The summed E-state index contributed by atoms with van der Waals surface area (Å²) in [6, 6.07) is 14.5. The van der Waals surface area contributed by atoms with Gasteiger partial charge in [-0.15, -0.1) is 0 Å². The van der Waals surface area contributed by atoms with E-state index in [1.54, 1.807) is 7.11 Å². The number of fused-ring (bicyclic) bond motifs is 3. The second-order valence-corrected chi connectivity index (χ2v) is 9.20. The molecule has 1 saturated heterocycles. The van der Waals surface area contributed by atoms with Crippen molar-refractivity contribution in [2.45, 2.75) is 50.6 Å². The number of rotatable bonds is 4. The third-order valence-corrected chi connectivity index (χ3v) is 7.52. The van der Waals surface area contributed by atoms with Gasteiger partial charge >= 0.3 is 0 Å². The number of likely N-dealkylation sites (tertiary alicyclic amines) is 1. The maximum atomic E-state index is 13.5. The van der Waals surface area contributed by atoms with Gasteiger partial charge in [0.05, 0.1) is 25.8 Å². The highest BCUT2D eigenvalue weighted by atomic mass is 16.5. The Morgan fingerprint density at radius 3 is 2.71 bits per heavy atom. The van der Waals surface area contributed by atoms with Crippen LogP contribution in [0.5, 0.6) is 5.75 Å². The van der Waals surface area contributed by atoms with Crippen LogP contribution in [0.4, 0.5) is 5.69 Å². The first-order chi connectivity index (χ1) is 15.2. The van der Waals surface area contributed by atoms with Gasteiger partial charge in [0.2, 0.25) is 5.91 Å². The summed E-state index contributed by atoms with van der Waals surface area (Å²) in [7, 11) is 1.70. The van der Waals surface area contributed by atoms with E-state index in [1.165, 1.54) is 12.0 Å². The molecule has 3 atom stereocenters. The molecule has 1 aliphatic carbocycles. The Kier molecular flexibility index (Phi) is 5.61. The third-order valence-electron chi connectivity index (χ3n) is 7.52. The number of hydrogen-bond acceptors (Lipinski definition) is 4. The summed E-state index contributed by atoms with van der Waals surface area (Å²) in [5.41, 5.74) is 4.34. The van der Waals surface area contributed by atoms with E-state index < -0.39 is 0 Å². The molecule has 5 heteroatoms. The van der Waals surface area contributed by atoms with Crippen LogP contribution in [-0.4, -0.2) is 42.2 Å². The summed E-state index contributed by atoms with van der Waals surface area (Å²) in [4.78, 5) is 15.7. The van der Waals surface area contributed by atoms with Crippen molar-refractivity contribution in [1.29, 1.82) is 0 Å². The second kappa shape index (κ2) is 8.54. The molecule has 5 nitrogen and oxygen atoms in total. The van der Waals surface area contributed by atoms with Gasteiger partial charge in [-0.3, -0.25) is 4.79 Å².